The first-order valence-corrected chi connectivity index (χ1v) is 7.89. The first kappa shape index (κ1) is 15.3. The molecule has 1 aromatic carbocycles. The van der Waals surface area contributed by atoms with Crippen molar-refractivity contribution < 1.29 is 4.74 Å². The van der Waals surface area contributed by atoms with E-state index in [1.807, 2.05) is 6.07 Å². The molecule has 0 amide bonds. The van der Waals surface area contributed by atoms with Crippen LogP contribution in [0.4, 0.5) is 0 Å². The molecule has 1 aromatic rings. The van der Waals surface area contributed by atoms with Gasteiger partial charge < -0.3 is 15.0 Å². The summed E-state index contributed by atoms with van der Waals surface area (Å²) in [5.74, 6) is 1.94. The van der Waals surface area contributed by atoms with Crippen molar-refractivity contribution in [3.05, 3.63) is 29.8 Å². The highest BCUT2D eigenvalue weighted by Crippen LogP contribution is 2.29. The van der Waals surface area contributed by atoms with Gasteiger partial charge in [-0.1, -0.05) is 19.1 Å². The molecule has 1 fully saturated rings. The Hall–Kier alpha value is -1.06. The Bertz CT molecular complexity index is 390. The predicted molar refractivity (Wildman–Crippen MR) is 84.2 cm³/mol. The SMILES string of the molecule is CCCNCc1cccc(OCCN(C)CC2CC2)c1. The molecule has 1 aliphatic carbocycles. The Morgan fingerprint density at radius 2 is 2.20 bits per heavy atom. The van der Waals surface area contributed by atoms with Crippen LogP contribution in [0.25, 0.3) is 0 Å². The van der Waals surface area contributed by atoms with E-state index in [1.54, 1.807) is 0 Å². The Kier molecular flexibility index (Phi) is 6.34. The van der Waals surface area contributed by atoms with Gasteiger partial charge in [-0.25, -0.2) is 0 Å². The van der Waals surface area contributed by atoms with Gasteiger partial charge in [-0.05, 0) is 56.5 Å². The molecule has 1 saturated carbocycles. The maximum absolute atomic E-state index is 5.86. The van der Waals surface area contributed by atoms with Crippen LogP contribution in [0.15, 0.2) is 24.3 Å². The number of nitrogens with zero attached hydrogens (tertiary/aromatic N) is 1. The number of hydrogen-bond acceptors (Lipinski definition) is 3. The lowest BCUT2D eigenvalue weighted by Gasteiger charge is -2.16. The van der Waals surface area contributed by atoms with Crippen LogP contribution in [0.1, 0.15) is 31.7 Å². The van der Waals surface area contributed by atoms with Crippen LogP contribution in [0.2, 0.25) is 0 Å². The fourth-order valence-corrected chi connectivity index (χ4v) is 2.31. The number of nitrogens with one attached hydrogen (secondary N) is 1. The fourth-order valence-electron chi connectivity index (χ4n) is 2.31. The van der Waals surface area contributed by atoms with Crippen molar-refractivity contribution in [2.75, 3.05) is 33.3 Å². The first-order chi connectivity index (χ1) is 9.78. The highest BCUT2D eigenvalue weighted by molar-refractivity contribution is 5.28. The molecule has 0 heterocycles. The molecule has 0 spiro atoms. The van der Waals surface area contributed by atoms with Gasteiger partial charge in [0, 0.05) is 19.6 Å². The van der Waals surface area contributed by atoms with Gasteiger partial charge in [-0.15, -0.1) is 0 Å². The van der Waals surface area contributed by atoms with Crippen molar-refractivity contribution in [3.63, 3.8) is 0 Å². The molecule has 1 N–H and O–H groups in total. The van der Waals surface area contributed by atoms with Gasteiger partial charge in [0.2, 0.25) is 0 Å². The average molecular weight is 276 g/mol. The fraction of sp³-hybridized carbons (Fsp3) is 0.647. The highest BCUT2D eigenvalue weighted by Gasteiger charge is 2.22. The lowest BCUT2D eigenvalue weighted by molar-refractivity contribution is 0.232. The molecule has 2 rings (SSSR count). The second-order valence-electron chi connectivity index (χ2n) is 5.88. The summed E-state index contributed by atoms with van der Waals surface area (Å²) < 4.78 is 5.86. The number of likely N-dealkylation sites (N-methyl/N-ethyl adjacent to an activating group) is 1. The van der Waals surface area contributed by atoms with Crippen molar-refractivity contribution >= 4 is 0 Å². The minimum Gasteiger partial charge on any atom is -0.492 e. The standard InChI is InChI=1S/C17H28N2O/c1-3-9-18-13-16-5-4-6-17(12-16)20-11-10-19(2)14-15-7-8-15/h4-6,12,15,18H,3,7-11,13-14H2,1-2H3. The van der Waals surface area contributed by atoms with Gasteiger partial charge in [-0.2, -0.15) is 0 Å². The van der Waals surface area contributed by atoms with Gasteiger partial charge in [0.15, 0.2) is 0 Å². The van der Waals surface area contributed by atoms with Gasteiger partial charge in [0.1, 0.15) is 12.4 Å². The van der Waals surface area contributed by atoms with Crippen LogP contribution >= 0.6 is 0 Å². The van der Waals surface area contributed by atoms with E-state index in [2.05, 4.69) is 42.4 Å². The van der Waals surface area contributed by atoms with Crippen molar-refractivity contribution in [2.45, 2.75) is 32.7 Å². The minimum absolute atomic E-state index is 0.773. The molecule has 3 heteroatoms. The number of benzene rings is 1. The first-order valence-electron chi connectivity index (χ1n) is 7.89. The molecule has 0 radical (unpaired) electrons. The van der Waals surface area contributed by atoms with E-state index < -0.39 is 0 Å². The van der Waals surface area contributed by atoms with E-state index in [4.69, 9.17) is 4.74 Å². The third kappa shape index (κ3) is 5.93. The van der Waals surface area contributed by atoms with E-state index in [9.17, 15) is 0 Å². The predicted octanol–water partition coefficient (Wildman–Crippen LogP) is 2.91. The lowest BCUT2D eigenvalue weighted by Crippen LogP contribution is -2.26. The Labute approximate surface area is 123 Å². The zero-order chi connectivity index (χ0) is 14.2. The molecular weight excluding hydrogens is 248 g/mol. The van der Waals surface area contributed by atoms with Crippen LogP contribution in [-0.4, -0.2) is 38.2 Å². The normalized spacial score (nSPS) is 14.8. The molecular formula is C17H28N2O. The topological polar surface area (TPSA) is 24.5 Å². The summed E-state index contributed by atoms with van der Waals surface area (Å²) in [6.07, 6.45) is 4.00. The monoisotopic (exact) mass is 276 g/mol. The molecule has 112 valence electrons. The van der Waals surface area contributed by atoms with Crippen LogP contribution in [-0.2, 0) is 6.54 Å². The second kappa shape index (κ2) is 8.28. The highest BCUT2D eigenvalue weighted by atomic mass is 16.5. The average Bonchev–Trinajstić information content (AvgIpc) is 3.23. The van der Waals surface area contributed by atoms with E-state index in [-0.39, 0.29) is 0 Å². The number of hydrogen-bond donors (Lipinski definition) is 1. The lowest BCUT2D eigenvalue weighted by atomic mass is 10.2. The zero-order valence-corrected chi connectivity index (χ0v) is 12.9. The van der Waals surface area contributed by atoms with Crippen LogP contribution in [0, 0.1) is 5.92 Å². The van der Waals surface area contributed by atoms with Crippen molar-refractivity contribution in [1.82, 2.24) is 10.2 Å². The van der Waals surface area contributed by atoms with Gasteiger partial charge in [0.25, 0.3) is 0 Å². The van der Waals surface area contributed by atoms with Crippen LogP contribution in [0.3, 0.4) is 0 Å². The molecule has 0 unspecified atom stereocenters. The maximum atomic E-state index is 5.86. The van der Waals surface area contributed by atoms with Crippen molar-refractivity contribution in [2.24, 2.45) is 5.92 Å². The number of ether oxygens (including phenoxy) is 1. The molecule has 0 aliphatic heterocycles. The van der Waals surface area contributed by atoms with E-state index >= 15 is 0 Å². The summed E-state index contributed by atoms with van der Waals surface area (Å²) >= 11 is 0. The quantitative estimate of drug-likeness (QED) is 0.665. The molecule has 1 aliphatic rings. The Morgan fingerprint density at radius 3 is 2.95 bits per heavy atom. The van der Waals surface area contributed by atoms with Crippen molar-refractivity contribution in [1.29, 1.82) is 0 Å². The Morgan fingerprint density at radius 1 is 1.35 bits per heavy atom. The summed E-state index contributed by atoms with van der Waals surface area (Å²) in [5, 5.41) is 3.42. The summed E-state index contributed by atoms with van der Waals surface area (Å²) in [5.41, 5.74) is 1.29. The summed E-state index contributed by atoms with van der Waals surface area (Å²) in [4.78, 5) is 2.38. The van der Waals surface area contributed by atoms with Crippen LogP contribution in [0.5, 0.6) is 5.75 Å². The van der Waals surface area contributed by atoms with Crippen molar-refractivity contribution in [3.8, 4) is 5.75 Å². The largest absolute Gasteiger partial charge is 0.492 e. The van der Waals surface area contributed by atoms with E-state index in [0.717, 1.165) is 37.9 Å². The summed E-state index contributed by atoms with van der Waals surface area (Å²) in [6.45, 7) is 7.18. The smallest absolute Gasteiger partial charge is 0.119 e. The number of rotatable bonds is 10. The van der Waals surface area contributed by atoms with Crippen LogP contribution < -0.4 is 10.1 Å². The third-order valence-electron chi connectivity index (χ3n) is 3.66. The minimum atomic E-state index is 0.773. The molecule has 0 atom stereocenters. The summed E-state index contributed by atoms with van der Waals surface area (Å²) in [7, 11) is 2.19. The second-order valence-corrected chi connectivity index (χ2v) is 5.88. The zero-order valence-electron chi connectivity index (χ0n) is 12.9. The van der Waals surface area contributed by atoms with Gasteiger partial charge in [-0.3, -0.25) is 0 Å². The summed E-state index contributed by atoms with van der Waals surface area (Å²) in [6, 6.07) is 8.41. The molecule has 0 saturated heterocycles. The Balaban J connectivity index is 1.67. The van der Waals surface area contributed by atoms with E-state index in [1.165, 1.54) is 31.4 Å². The third-order valence-corrected chi connectivity index (χ3v) is 3.66. The molecule has 20 heavy (non-hydrogen) atoms. The van der Waals surface area contributed by atoms with Gasteiger partial charge in [0.05, 0.1) is 0 Å². The molecule has 3 nitrogen and oxygen atoms in total. The van der Waals surface area contributed by atoms with E-state index in [0.29, 0.717) is 0 Å². The molecule has 0 aromatic heterocycles. The molecule has 0 bridgehead atoms. The van der Waals surface area contributed by atoms with Gasteiger partial charge >= 0.3 is 0 Å². The maximum Gasteiger partial charge on any atom is 0.119 e.